The summed E-state index contributed by atoms with van der Waals surface area (Å²) in [7, 11) is 0. The van der Waals surface area contributed by atoms with Gasteiger partial charge in [-0.25, -0.2) is 0 Å². The van der Waals surface area contributed by atoms with Gasteiger partial charge in [0.15, 0.2) is 5.78 Å². The molecule has 0 unspecified atom stereocenters. The van der Waals surface area contributed by atoms with Crippen molar-refractivity contribution in [3.8, 4) is 0 Å². The van der Waals surface area contributed by atoms with E-state index in [-0.39, 0.29) is 5.78 Å². The number of hydrogen-bond acceptors (Lipinski definition) is 2. The fourth-order valence-electron chi connectivity index (χ4n) is 1.17. The van der Waals surface area contributed by atoms with Crippen LogP contribution >= 0.6 is 0 Å². The van der Waals surface area contributed by atoms with Gasteiger partial charge in [-0.2, -0.15) is 0 Å². The van der Waals surface area contributed by atoms with Crippen LogP contribution in [-0.2, 0) is 0 Å². The Bertz CT molecular complexity index is 329. The molecule has 2 nitrogen and oxygen atoms in total. The maximum atomic E-state index is 11.2. The Kier molecular flexibility index (Phi) is 3.38. The SMILES string of the molecule is CC.O=C1CC=Cc2ncccc21. The maximum absolute atomic E-state index is 11.2. The highest BCUT2D eigenvalue weighted by Crippen LogP contribution is 2.15. The number of nitrogens with zero attached hydrogens (tertiary/aromatic N) is 1. The van der Waals surface area contributed by atoms with Crippen molar-refractivity contribution in [3.63, 3.8) is 0 Å². The van der Waals surface area contributed by atoms with Crippen LogP contribution in [0.15, 0.2) is 24.4 Å². The molecule has 1 aliphatic rings. The summed E-state index contributed by atoms with van der Waals surface area (Å²) < 4.78 is 0. The zero-order valence-electron chi connectivity index (χ0n) is 7.95. The molecule has 0 aromatic carbocycles. The number of rotatable bonds is 0. The van der Waals surface area contributed by atoms with E-state index in [1.165, 1.54) is 0 Å². The Hall–Kier alpha value is -1.44. The van der Waals surface area contributed by atoms with Gasteiger partial charge < -0.3 is 0 Å². The summed E-state index contributed by atoms with van der Waals surface area (Å²) in [6.45, 7) is 4.00. The Balaban J connectivity index is 0.000000396. The minimum absolute atomic E-state index is 0.163. The molecule has 0 bridgehead atoms. The van der Waals surface area contributed by atoms with Crippen LogP contribution in [0.1, 0.15) is 36.3 Å². The topological polar surface area (TPSA) is 30.0 Å². The lowest BCUT2D eigenvalue weighted by Gasteiger charge is -2.05. The van der Waals surface area contributed by atoms with E-state index in [4.69, 9.17) is 0 Å². The number of ketones is 1. The number of allylic oxidation sites excluding steroid dienone is 1. The van der Waals surface area contributed by atoms with E-state index in [0.29, 0.717) is 6.42 Å². The second kappa shape index (κ2) is 4.55. The molecule has 1 aromatic heterocycles. The van der Waals surface area contributed by atoms with Gasteiger partial charge in [0.1, 0.15) is 0 Å². The van der Waals surface area contributed by atoms with Gasteiger partial charge in [0, 0.05) is 18.2 Å². The number of Topliss-reactive ketones (excluding diaryl/α,β-unsaturated/α-hetero) is 1. The monoisotopic (exact) mass is 175 g/mol. The fraction of sp³-hybridized carbons (Fsp3) is 0.273. The molecule has 0 N–H and O–H groups in total. The van der Waals surface area contributed by atoms with Crippen molar-refractivity contribution >= 4 is 11.9 Å². The van der Waals surface area contributed by atoms with Crippen LogP contribution < -0.4 is 0 Å². The number of hydrogen-bond donors (Lipinski definition) is 0. The van der Waals surface area contributed by atoms with E-state index in [1.54, 1.807) is 12.3 Å². The largest absolute Gasteiger partial charge is 0.294 e. The fourth-order valence-corrected chi connectivity index (χ4v) is 1.17. The van der Waals surface area contributed by atoms with Crippen LogP contribution in [-0.4, -0.2) is 10.8 Å². The Morgan fingerprint density at radius 1 is 1.38 bits per heavy atom. The minimum Gasteiger partial charge on any atom is -0.294 e. The first-order valence-electron chi connectivity index (χ1n) is 4.53. The minimum atomic E-state index is 0.163. The van der Waals surface area contributed by atoms with E-state index in [0.717, 1.165) is 11.3 Å². The molecule has 0 aliphatic heterocycles. The summed E-state index contributed by atoms with van der Waals surface area (Å²) in [6.07, 6.45) is 5.94. The standard InChI is InChI=1S/C9H7NO.C2H6/c11-9-5-1-4-8-7(9)3-2-6-10-8;1-2/h1-4,6H,5H2;1-2H3. The van der Waals surface area contributed by atoms with Crippen molar-refractivity contribution in [2.24, 2.45) is 0 Å². The second-order valence-electron chi connectivity index (χ2n) is 2.47. The van der Waals surface area contributed by atoms with E-state index in [9.17, 15) is 4.79 Å². The summed E-state index contributed by atoms with van der Waals surface area (Å²) in [4.78, 5) is 15.3. The Morgan fingerprint density at radius 3 is 2.85 bits per heavy atom. The molecule has 1 heterocycles. The predicted octanol–water partition coefficient (Wildman–Crippen LogP) is 2.71. The molecule has 0 saturated carbocycles. The van der Waals surface area contributed by atoms with Crippen LogP contribution in [0.3, 0.4) is 0 Å². The molecule has 1 aliphatic carbocycles. The molecule has 0 spiro atoms. The Labute approximate surface area is 78.3 Å². The van der Waals surface area contributed by atoms with Crippen LogP contribution in [0.25, 0.3) is 6.08 Å². The van der Waals surface area contributed by atoms with E-state index in [2.05, 4.69) is 4.98 Å². The van der Waals surface area contributed by atoms with Crippen LogP contribution in [0.4, 0.5) is 0 Å². The smallest absolute Gasteiger partial charge is 0.168 e. The normalized spacial score (nSPS) is 12.9. The number of pyridine rings is 1. The molecule has 13 heavy (non-hydrogen) atoms. The van der Waals surface area contributed by atoms with Crippen LogP contribution in [0.5, 0.6) is 0 Å². The lowest BCUT2D eigenvalue weighted by molar-refractivity contribution is 0.0994. The van der Waals surface area contributed by atoms with E-state index < -0.39 is 0 Å². The molecule has 0 amide bonds. The van der Waals surface area contributed by atoms with Gasteiger partial charge in [0.05, 0.1) is 5.69 Å². The molecule has 2 rings (SSSR count). The molecule has 2 heteroatoms. The summed E-state index contributed by atoms with van der Waals surface area (Å²) in [6, 6.07) is 3.60. The average Bonchev–Trinajstić information content (AvgIpc) is 2.22. The van der Waals surface area contributed by atoms with Crippen molar-refractivity contribution in [2.75, 3.05) is 0 Å². The highest BCUT2D eigenvalue weighted by molar-refractivity contribution is 6.01. The summed E-state index contributed by atoms with van der Waals surface area (Å²) in [5, 5.41) is 0. The van der Waals surface area contributed by atoms with Crippen LogP contribution in [0.2, 0.25) is 0 Å². The zero-order chi connectivity index (χ0) is 9.68. The van der Waals surface area contributed by atoms with Crippen molar-refractivity contribution in [2.45, 2.75) is 20.3 Å². The van der Waals surface area contributed by atoms with Crippen molar-refractivity contribution < 1.29 is 4.79 Å². The molecule has 0 radical (unpaired) electrons. The third-order valence-electron chi connectivity index (χ3n) is 1.72. The van der Waals surface area contributed by atoms with E-state index in [1.807, 2.05) is 32.1 Å². The van der Waals surface area contributed by atoms with Crippen molar-refractivity contribution in [1.82, 2.24) is 4.98 Å². The van der Waals surface area contributed by atoms with Gasteiger partial charge >= 0.3 is 0 Å². The number of carbonyl (C=O) groups excluding carboxylic acids is 1. The van der Waals surface area contributed by atoms with Gasteiger partial charge in [0.2, 0.25) is 0 Å². The predicted molar refractivity (Wildman–Crippen MR) is 53.6 cm³/mol. The first kappa shape index (κ1) is 9.65. The number of aromatic nitrogens is 1. The molecular formula is C11H13NO. The van der Waals surface area contributed by atoms with Crippen molar-refractivity contribution in [1.29, 1.82) is 0 Å². The second-order valence-corrected chi connectivity index (χ2v) is 2.47. The molecule has 0 saturated heterocycles. The van der Waals surface area contributed by atoms with Gasteiger partial charge in [-0.1, -0.05) is 19.9 Å². The first-order valence-corrected chi connectivity index (χ1v) is 4.53. The highest BCUT2D eigenvalue weighted by Gasteiger charge is 2.11. The van der Waals surface area contributed by atoms with E-state index >= 15 is 0 Å². The molecule has 0 atom stereocenters. The number of carbonyl (C=O) groups is 1. The summed E-state index contributed by atoms with van der Waals surface area (Å²) in [5.41, 5.74) is 1.54. The third kappa shape index (κ3) is 2.02. The summed E-state index contributed by atoms with van der Waals surface area (Å²) >= 11 is 0. The van der Waals surface area contributed by atoms with Crippen molar-refractivity contribution in [3.05, 3.63) is 35.7 Å². The third-order valence-corrected chi connectivity index (χ3v) is 1.72. The quantitative estimate of drug-likeness (QED) is 0.606. The first-order chi connectivity index (χ1) is 6.38. The van der Waals surface area contributed by atoms with Gasteiger partial charge in [-0.05, 0) is 18.2 Å². The van der Waals surface area contributed by atoms with Gasteiger partial charge in [-0.3, -0.25) is 9.78 Å². The molecular weight excluding hydrogens is 162 g/mol. The van der Waals surface area contributed by atoms with Crippen LogP contribution in [0, 0.1) is 0 Å². The lowest BCUT2D eigenvalue weighted by Crippen LogP contribution is -2.04. The van der Waals surface area contributed by atoms with Gasteiger partial charge in [-0.15, -0.1) is 0 Å². The number of fused-ring (bicyclic) bond motifs is 1. The lowest BCUT2D eigenvalue weighted by atomic mass is 10.0. The highest BCUT2D eigenvalue weighted by atomic mass is 16.1. The maximum Gasteiger partial charge on any atom is 0.168 e. The Morgan fingerprint density at radius 2 is 2.15 bits per heavy atom. The average molecular weight is 175 g/mol. The summed E-state index contributed by atoms with van der Waals surface area (Å²) in [5.74, 6) is 0.163. The molecule has 0 fully saturated rings. The molecule has 68 valence electrons. The zero-order valence-corrected chi connectivity index (χ0v) is 7.95. The molecule has 1 aromatic rings. The van der Waals surface area contributed by atoms with Gasteiger partial charge in [0.25, 0.3) is 0 Å².